The van der Waals surface area contributed by atoms with E-state index in [2.05, 4.69) is 29.8 Å². The number of rotatable bonds is 20. The van der Waals surface area contributed by atoms with Gasteiger partial charge in [0.05, 0.1) is 20.6 Å². The van der Waals surface area contributed by atoms with Crippen LogP contribution in [0.1, 0.15) is 160 Å². The summed E-state index contributed by atoms with van der Waals surface area (Å²) in [6.07, 6.45) is 17.7. The summed E-state index contributed by atoms with van der Waals surface area (Å²) in [5, 5.41) is 25.4. The topological polar surface area (TPSA) is 258 Å². The molecule has 0 spiro atoms. The van der Waals surface area contributed by atoms with Crippen molar-refractivity contribution >= 4 is 35.6 Å². The van der Waals surface area contributed by atoms with Crippen molar-refractivity contribution in [2.24, 2.45) is 11.8 Å². The summed E-state index contributed by atoms with van der Waals surface area (Å²) in [6.45, 7) is -0.476. The van der Waals surface area contributed by atoms with Crippen LogP contribution < -0.4 is 5.48 Å². The fourth-order valence-corrected chi connectivity index (χ4v) is 7.34. The monoisotopic (exact) mass is 805 g/mol. The third-order valence-electron chi connectivity index (χ3n) is 10.6. The van der Waals surface area contributed by atoms with Crippen LogP contribution in [0.2, 0.25) is 0 Å². The second kappa shape index (κ2) is 24.6. The number of carboxylic acid groups (broad SMARTS) is 1. The number of aromatic nitrogens is 4. The summed E-state index contributed by atoms with van der Waals surface area (Å²) in [4.78, 5) is 80.7. The predicted octanol–water partition coefficient (Wildman–Crippen LogP) is 4.67. The maximum absolute atomic E-state index is 12.3. The van der Waals surface area contributed by atoms with Crippen LogP contribution in [-0.4, -0.2) is 117 Å². The summed E-state index contributed by atoms with van der Waals surface area (Å²) < 4.78 is 19.5. The van der Waals surface area contributed by atoms with Crippen LogP contribution in [0.4, 0.5) is 0 Å². The number of hydrogen-bond donors (Lipinski definition) is 3. The molecule has 318 valence electrons. The highest BCUT2D eigenvalue weighted by atomic mass is 16.5. The van der Waals surface area contributed by atoms with Gasteiger partial charge in [0.15, 0.2) is 0 Å². The Kier molecular flexibility index (Phi) is 20.1. The molecule has 0 radical (unpaired) electrons. The average molecular weight is 806 g/mol. The van der Waals surface area contributed by atoms with Crippen LogP contribution in [0, 0.1) is 11.8 Å². The van der Waals surface area contributed by atoms with Crippen molar-refractivity contribution in [3.8, 4) is 0 Å². The normalized spacial score (nSPS) is 15.7. The van der Waals surface area contributed by atoms with Gasteiger partial charge in [-0.2, -0.15) is 9.97 Å². The van der Waals surface area contributed by atoms with Crippen molar-refractivity contribution in [3.05, 3.63) is 23.4 Å². The average Bonchev–Trinajstić information content (AvgIpc) is 3.92. The molecule has 0 aromatic carbocycles. The van der Waals surface area contributed by atoms with E-state index in [0.29, 0.717) is 24.7 Å². The molecule has 3 N–H and O–H groups in total. The molecule has 57 heavy (non-hydrogen) atoms. The molecule has 0 aliphatic heterocycles. The molecule has 0 bridgehead atoms. The summed E-state index contributed by atoms with van der Waals surface area (Å²) >= 11 is 0. The van der Waals surface area contributed by atoms with E-state index in [-0.39, 0.29) is 49.4 Å². The predicted molar refractivity (Wildman–Crippen MR) is 200 cm³/mol. The highest BCUT2D eigenvalue weighted by molar-refractivity contribution is 5.93. The molecule has 2 fully saturated rings. The Morgan fingerprint density at radius 3 is 1.47 bits per heavy atom. The van der Waals surface area contributed by atoms with Gasteiger partial charge in [-0.3, -0.25) is 34.0 Å². The van der Waals surface area contributed by atoms with Crippen molar-refractivity contribution in [2.45, 2.75) is 127 Å². The first-order chi connectivity index (χ1) is 27.3. The number of amides is 3. The third-order valence-corrected chi connectivity index (χ3v) is 10.6. The van der Waals surface area contributed by atoms with Gasteiger partial charge >= 0.3 is 17.9 Å². The van der Waals surface area contributed by atoms with Crippen LogP contribution in [0.3, 0.4) is 0 Å². The number of carbonyl (C=O) groups is 6. The third kappa shape index (κ3) is 16.2. The van der Waals surface area contributed by atoms with E-state index >= 15 is 0 Å². The second-order valence-electron chi connectivity index (χ2n) is 15.0. The number of likely N-dealkylation sites (N-methyl/N-ethyl adjacent to an activating group) is 2. The highest BCUT2D eigenvalue weighted by Gasteiger charge is 2.28. The first kappa shape index (κ1) is 46.4. The molecule has 2 aliphatic rings. The lowest BCUT2D eigenvalue weighted by Crippen LogP contribution is -2.33. The van der Waals surface area contributed by atoms with E-state index < -0.39 is 47.5 Å². The van der Waals surface area contributed by atoms with Gasteiger partial charge in [-0.15, -0.1) is 0 Å². The number of nitrogens with zero attached hydrogens (tertiary/aromatic N) is 6. The zero-order chi connectivity index (χ0) is 41.7. The molecule has 3 amide bonds. The van der Waals surface area contributed by atoms with Crippen molar-refractivity contribution < 1.29 is 57.6 Å². The number of carboxylic acids is 1. The molecule has 2 aromatic rings. The van der Waals surface area contributed by atoms with E-state index in [1.54, 1.807) is 5.48 Å². The fraction of sp³-hybridized carbons (Fsp3) is 0.737. The summed E-state index contributed by atoms with van der Waals surface area (Å²) in [6, 6.07) is 0. The zero-order valence-electron chi connectivity index (χ0n) is 33.6. The van der Waals surface area contributed by atoms with E-state index in [9.17, 15) is 33.9 Å². The summed E-state index contributed by atoms with van der Waals surface area (Å²) in [7, 11) is 5.32. The smallest absolute Gasteiger partial charge is 0.325 e. The fourth-order valence-electron chi connectivity index (χ4n) is 7.34. The number of methoxy groups -OCH3 is 2. The number of ether oxygens (including phenoxy) is 2. The van der Waals surface area contributed by atoms with Gasteiger partial charge in [-0.05, 0) is 24.7 Å². The van der Waals surface area contributed by atoms with Crippen molar-refractivity contribution in [3.63, 3.8) is 0 Å². The number of aliphatic carboxylic acids is 1. The molecule has 0 unspecified atom stereocenters. The number of hydrogen-bond acceptors (Lipinski definition) is 15. The zero-order valence-corrected chi connectivity index (χ0v) is 33.6. The van der Waals surface area contributed by atoms with Gasteiger partial charge in [0.1, 0.15) is 13.1 Å². The minimum atomic E-state index is -0.948. The summed E-state index contributed by atoms with van der Waals surface area (Å²) in [5.41, 5.74) is 1.63. The van der Waals surface area contributed by atoms with Gasteiger partial charge < -0.3 is 33.4 Å². The molecule has 19 heteroatoms. The lowest BCUT2D eigenvalue weighted by atomic mass is 9.84. The lowest BCUT2D eigenvalue weighted by Gasteiger charge is -2.22. The van der Waals surface area contributed by atoms with E-state index in [1.165, 1.54) is 92.5 Å². The Balaban J connectivity index is 0.000000306. The molecule has 2 aromatic heterocycles. The molecule has 2 heterocycles. The molecular formula is C38H59N7O12. The SMILES string of the molecule is COC(=O)CN(C)C(=O)c1noc([C@H](CCCC2CCCCC2)CC(=O)NO)n1.COC(=O)CN(C)C(=O)c1noc([C@H](CCCC2CCCCC2)CC(=O)O)n1. The van der Waals surface area contributed by atoms with Crippen LogP contribution in [-0.2, 0) is 28.7 Å². The quantitative estimate of drug-likeness (QED) is 0.0933. The Labute approximate surface area is 332 Å². The molecular weight excluding hydrogens is 746 g/mol. The number of hydroxylamine groups is 1. The molecule has 19 nitrogen and oxygen atoms in total. The first-order valence-electron chi connectivity index (χ1n) is 19.8. The highest BCUT2D eigenvalue weighted by Crippen LogP contribution is 2.32. The first-order valence-corrected chi connectivity index (χ1v) is 19.8. The van der Waals surface area contributed by atoms with Gasteiger partial charge in [-0.25, -0.2) is 5.48 Å². The van der Waals surface area contributed by atoms with Crippen molar-refractivity contribution in [1.29, 1.82) is 0 Å². The Bertz CT molecular complexity index is 1580. The van der Waals surface area contributed by atoms with Crippen LogP contribution in [0.5, 0.6) is 0 Å². The summed E-state index contributed by atoms with van der Waals surface area (Å²) in [5.74, 6) is -3.26. The van der Waals surface area contributed by atoms with Crippen molar-refractivity contribution in [1.82, 2.24) is 35.6 Å². The molecule has 0 saturated heterocycles. The molecule has 4 rings (SSSR count). The Morgan fingerprint density at radius 2 is 1.11 bits per heavy atom. The van der Waals surface area contributed by atoms with E-state index in [0.717, 1.165) is 35.5 Å². The number of carbonyl (C=O) groups excluding carboxylic acids is 5. The Hall–Kier alpha value is -4.94. The second-order valence-corrected chi connectivity index (χ2v) is 15.0. The number of esters is 2. The van der Waals surface area contributed by atoms with Crippen LogP contribution in [0.15, 0.2) is 9.05 Å². The molecule has 2 aliphatic carbocycles. The standard InChI is InChI=1S/C19H30N4O6.C19H29N3O6/c1-23(12-16(25)28-2)19(26)17-20-18(29-22-17)14(11-15(24)21-27)10-6-9-13-7-4-3-5-8-13;1-22(12-16(25)27-2)19(26)17-20-18(28-21-17)14(11-15(23)24)10-6-9-13-7-4-3-5-8-13/h13-14,27H,3-12H2,1-2H3,(H,21,24);13-14H,3-12H2,1-2H3,(H,23,24)/t2*14-/m11/s1. The van der Waals surface area contributed by atoms with Gasteiger partial charge in [0.2, 0.25) is 17.7 Å². The lowest BCUT2D eigenvalue weighted by molar-refractivity contribution is -0.141. The van der Waals surface area contributed by atoms with Crippen molar-refractivity contribution in [2.75, 3.05) is 41.4 Å². The molecule has 2 saturated carbocycles. The Morgan fingerprint density at radius 1 is 0.702 bits per heavy atom. The van der Waals surface area contributed by atoms with Crippen LogP contribution in [0.25, 0.3) is 0 Å². The minimum absolute atomic E-state index is 0.0189. The van der Waals surface area contributed by atoms with Gasteiger partial charge in [0.25, 0.3) is 23.5 Å². The van der Waals surface area contributed by atoms with Crippen LogP contribution >= 0.6 is 0 Å². The molecule has 2 atom stereocenters. The van der Waals surface area contributed by atoms with E-state index in [4.69, 9.17) is 14.3 Å². The number of nitrogens with one attached hydrogen (secondary N) is 1. The maximum atomic E-state index is 12.3. The van der Waals surface area contributed by atoms with Gasteiger partial charge in [0, 0.05) is 32.4 Å². The van der Waals surface area contributed by atoms with Gasteiger partial charge in [-0.1, -0.05) is 100 Å². The largest absolute Gasteiger partial charge is 0.481 e. The van der Waals surface area contributed by atoms with E-state index in [1.807, 2.05) is 0 Å². The minimum Gasteiger partial charge on any atom is -0.481 e. The maximum Gasteiger partial charge on any atom is 0.325 e.